The van der Waals surface area contributed by atoms with E-state index >= 15 is 0 Å². The van der Waals surface area contributed by atoms with Crippen molar-refractivity contribution in [2.24, 2.45) is 0 Å². The van der Waals surface area contributed by atoms with Crippen LogP contribution in [0.4, 0.5) is 0 Å². The van der Waals surface area contributed by atoms with E-state index in [0.29, 0.717) is 0 Å². The quantitative estimate of drug-likeness (QED) is 0.303. The molecule has 0 N–H and O–H groups in total. The summed E-state index contributed by atoms with van der Waals surface area (Å²) in [4.78, 5) is 0. The first-order chi connectivity index (χ1) is 8.41. The molecular formula is C17H28. The molecule has 0 saturated carbocycles. The molecule has 0 fully saturated rings. The van der Waals surface area contributed by atoms with Crippen molar-refractivity contribution in [3.63, 3.8) is 0 Å². The molecule has 0 amide bonds. The van der Waals surface area contributed by atoms with Gasteiger partial charge in [0, 0.05) is 0 Å². The normalized spacial score (nSPS) is 12.1. The van der Waals surface area contributed by atoms with Crippen LogP contribution in [0.3, 0.4) is 0 Å². The summed E-state index contributed by atoms with van der Waals surface area (Å²) in [6, 6.07) is 0. The summed E-state index contributed by atoms with van der Waals surface area (Å²) in [6.45, 7) is 5.89. The van der Waals surface area contributed by atoms with Gasteiger partial charge in [0.15, 0.2) is 0 Å². The monoisotopic (exact) mass is 232 g/mol. The van der Waals surface area contributed by atoms with E-state index in [1.165, 1.54) is 25.7 Å². The van der Waals surface area contributed by atoms with Gasteiger partial charge in [0.1, 0.15) is 0 Å². The first kappa shape index (κ1) is 16.0. The summed E-state index contributed by atoms with van der Waals surface area (Å²) in [5.74, 6) is 0. The molecule has 0 atom stereocenters. The zero-order valence-electron chi connectivity index (χ0n) is 11.4. The van der Waals surface area contributed by atoms with Crippen LogP contribution in [0.15, 0.2) is 49.1 Å². The number of allylic oxidation sites excluding steroid dienone is 7. The van der Waals surface area contributed by atoms with Gasteiger partial charge in [0.2, 0.25) is 0 Å². The number of rotatable bonds is 11. The summed E-state index contributed by atoms with van der Waals surface area (Å²) in [5, 5.41) is 0. The van der Waals surface area contributed by atoms with Crippen molar-refractivity contribution in [1.29, 1.82) is 0 Å². The van der Waals surface area contributed by atoms with Gasteiger partial charge in [-0.2, -0.15) is 0 Å². The molecule has 0 radical (unpaired) electrons. The smallest absolute Gasteiger partial charge is 0.0169 e. The van der Waals surface area contributed by atoms with Crippen LogP contribution < -0.4 is 0 Å². The highest BCUT2D eigenvalue weighted by molar-refractivity contribution is 4.96. The van der Waals surface area contributed by atoms with Crippen LogP contribution in [0.2, 0.25) is 0 Å². The average Bonchev–Trinajstić information content (AvgIpc) is 2.35. The molecule has 0 nitrogen and oxygen atoms in total. The Balaban J connectivity index is 3.24. The molecule has 0 aliphatic carbocycles. The van der Waals surface area contributed by atoms with E-state index in [1.54, 1.807) is 0 Å². The Morgan fingerprint density at radius 3 is 1.94 bits per heavy atom. The average molecular weight is 232 g/mol. The van der Waals surface area contributed by atoms with Crippen molar-refractivity contribution in [3.05, 3.63) is 49.1 Å². The third-order valence-electron chi connectivity index (χ3n) is 2.56. The van der Waals surface area contributed by atoms with Crippen LogP contribution >= 0.6 is 0 Å². The minimum atomic E-state index is 1.07. The predicted molar refractivity (Wildman–Crippen MR) is 80.2 cm³/mol. The molecule has 0 spiro atoms. The van der Waals surface area contributed by atoms with Crippen molar-refractivity contribution in [2.45, 2.75) is 58.3 Å². The van der Waals surface area contributed by atoms with E-state index in [-0.39, 0.29) is 0 Å². The second kappa shape index (κ2) is 15.0. The van der Waals surface area contributed by atoms with Gasteiger partial charge in [0.05, 0.1) is 0 Å². The predicted octanol–water partition coefficient (Wildman–Crippen LogP) is 5.98. The van der Waals surface area contributed by atoms with Crippen molar-refractivity contribution >= 4 is 0 Å². The van der Waals surface area contributed by atoms with Crippen LogP contribution in [0, 0.1) is 0 Å². The fourth-order valence-corrected chi connectivity index (χ4v) is 1.55. The second-order valence-electron chi connectivity index (χ2n) is 4.22. The minimum absolute atomic E-state index is 1.07. The Kier molecular flexibility index (Phi) is 14.0. The molecule has 0 heterocycles. The first-order valence-electron chi connectivity index (χ1n) is 6.97. The second-order valence-corrected chi connectivity index (χ2v) is 4.22. The fraction of sp³-hybridized carbons (Fsp3) is 0.529. The van der Waals surface area contributed by atoms with Gasteiger partial charge < -0.3 is 0 Å². The van der Waals surface area contributed by atoms with Gasteiger partial charge in [0.25, 0.3) is 0 Å². The van der Waals surface area contributed by atoms with E-state index in [9.17, 15) is 0 Å². The third-order valence-corrected chi connectivity index (χ3v) is 2.56. The molecule has 0 aliphatic rings. The highest BCUT2D eigenvalue weighted by Gasteiger charge is 1.84. The summed E-state index contributed by atoms with van der Waals surface area (Å²) in [7, 11) is 0. The minimum Gasteiger partial charge on any atom is -0.103 e. The maximum Gasteiger partial charge on any atom is -0.0169 e. The SMILES string of the molecule is C=CCCCCCC=CCC=CCC=CCC. The lowest BCUT2D eigenvalue weighted by molar-refractivity contribution is 0.696. The molecule has 0 saturated heterocycles. The van der Waals surface area contributed by atoms with Gasteiger partial charge in [-0.1, -0.05) is 55.9 Å². The Bertz CT molecular complexity index is 230. The number of hydrogen-bond acceptors (Lipinski definition) is 0. The Labute approximate surface area is 108 Å². The molecule has 96 valence electrons. The van der Waals surface area contributed by atoms with Crippen LogP contribution in [-0.2, 0) is 0 Å². The molecule has 0 aliphatic heterocycles. The lowest BCUT2D eigenvalue weighted by Gasteiger charge is -1.94. The molecule has 0 aromatic heterocycles. The topological polar surface area (TPSA) is 0 Å². The zero-order chi connectivity index (χ0) is 12.6. The van der Waals surface area contributed by atoms with E-state index in [4.69, 9.17) is 0 Å². The van der Waals surface area contributed by atoms with E-state index in [2.05, 4.69) is 50.0 Å². The molecule has 0 unspecified atom stereocenters. The lowest BCUT2D eigenvalue weighted by Crippen LogP contribution is -1.74. The van der Waals surface area contributed by atoms with E-state index in [0.717, 1.165) is 25.7 Å². The first-order valence-corrected chi connectivity index (χ1v) is 6.97. The summed E-state index contributed by atoms with van der Waals surface area (Å²) >= 11 is 0. The molecule has 0 aromatic rings. The molecule has 17 heavy (non-hydrogen) atoms. The third kappa shape index (κ3) is 15.0. The summed E-state index contributed by atoms with van der Waals surface area (Å²) in [5.41, 5.74) is 0. The maximum absolute atomic E-state index is 3.73. The van der Waals surface area contributed by atoms with E-state index < -0.39 is 0 Å². The summed E-state index contributed by atoms with van der Waals surface area (Å²) in [6.07, 6.45) is 25.1. The Hall–Kier alpha value is -1.04. The number of hydrogen-bond donors (Lipinski definition) is 0. The summed E-state index contributed by atoms with van der Waals surface area (Å²) < 4.78 is 0. The number of unbranched alkanes of at least 4 members (excludes halogenated alkanes) is 4. The van der Waals surface area contributed by atoms with Crippen LogP contribution in [0.25, 0.3) is 0 Å². The molecule has 0 heteroatoms. The highest BCUT2D eigenvalue weighted by Crippen LogP contribution is 2.04. The standard InChI is InChI=1S/C17H28/c1-3-5-7-9-11-13-15-17-16-14-12-10-8-6-4-2/h3,6,8,12,14-15,17H,1,4-5,7,9-11,13,16H2,2H3. The van der Waals surface area contributed by atoms with E-state index in [1.807, 2.05) is 6.08 Å². The van der Waals surface area contributed by atoms with Crippen molar-refractivity contribution in [3.8, 4) is 0 Å². The van der Waals surface area contributed by atoms with Gasteiger partial charge >= 0.3 is 0 Å². The molecule has 0 bridgehead atoms. The van der Waals surface area contributed by atoms with Crippen molar-refractivity contribution in [1.82, 2.24) is 0 Å². The van der Waals surface area contributed by atoms with Crippen LogP contribution in [0.1, 0.15) is 58.3 Å². The Morgan fingerprint density at radius 1 is 0.706 bits per heavy atom. The van der Waals surface area contributed by atoms with Gasteiger partial charge in [-0.3, -0.25) is 0 Å². The van der Waals surface area contributed by atoms with Gasteiger partial charge in [-0.05, 0) is 44.9 Å². The Morgan fingerprint density at radius 2 is 1.29 bits per heavy atom. The van der Waals surface area contributed by atoms with Crippen molar-refractivity contribution in [2.75, 3.05) is 0 Å². The van der Waals surface area contributed by atoms with Gasteiger partial charge in [-0.25, -0.2) is 0 Å². The fourth-order valence-electron chi connectivity index (χ4n) is 1.55. The lowest BCUT2D eigenvalue weighted by atomic mass is 10.1. The largest absolute Gasteiger partial charge is 0.103 e. The zero-order valence-corrected chi connectivity index (χ0v) is 11.4. The molecule has 0 aromatic carbocycles. The highest BCUT2D eigenvalue weighted by atomic mass is 13.9. The van der Waals surface area contributed by atoms with Gasteiger partial charge in [-0.15, -0.1) is 6.58 Å². The molecule has 0 rings (SSSR count). The van der Waals surface area contributed by atoms with Crippen molar-refractivity contribution < 1.29 is 0 Å². The van der Waals surface area contributed by atoms with Crippen LogP contribution in [-0.4, -0.2) is 0 Å². The maximum atomic E-state index is 3.73. The molecular weight excluding hydrogens is 204 g/mol. The van der Waals surface area contributed by atoms with Crippen LogP contribution in [0.5, 0.6) is 0 Å².